The van der Waals surface area contributed by atoms with Crippen molar-refractivity contribution >= 4 is 27.5 Å². The van der Waals surface area contributed by atoms with Crippen molar-refractivity contribution in [3.05, 3.63) is 59.7 Å². The summed E-state index contributed by atoms with van der Waals surface area (Å²) in [5, 5.41) is 20.6. The Morgan fingerprint density at radius 3 is 2.45 bits per heavy atom. The van der Waals surface area contributed by atoms with Crippen LogP contribution in [-0.2, 0) is 14.8 Å². The van der Waals surface area contributed by atoms with Crippen molar-refractivity contribution < 1.29 is 23.1 Å². The molecule has 33 heavy (non-hydrogen) atoms. The lowest BCUT2D eigenvalue weighted by atomic mass is 9.95. The molecule has 2 aromatic carbocycles. The van der Waals surface area contributed by atoms with E-state index in [4.69, 9.17) is 5.14 Å². The number of phenolic OH excluding ortho intramolecular Hbond substituents is 1. The van der Waals surface area contributed by atoms with E-state index in [1.807, 2.05) is 6.92 Å². The lowest BCUT2D eigenvalue weighted by Gasteiger charge is -2.24. The molecule has 3 rings (SSSR count). The number of amides is 2. The number of benzene rings is 2. The largest absolute Gasteiger partial charge is 0.507 e. The number of rotatable bonds is 9. The van der Waals surface area contributed by atoms with Gasteiger partial charge in [0.15, 0.2) is 0 Å². The van der Waals surface area contributed by atoms with Crippen molar-refractivity contribution in [2.24, 2.45) is 16.2 Å². The van der Waals surface area contributed by atoms with Crippen LogP contribution in [0.3, 0.4) is 0 Å². The van der Waals surface area contributed by atoms with Crippen LogP contribution >= 0.6 is 0 Å². The monoisotopic (exact) mass is 472 g/mol. The van der Waals surface area contributed by atoms with E-state index in [9.17, 15) is 23.1 Å². The number of primary sulfonamides is 1. The number of sulfonamides is 1. The molecule has 2 amide bonds. The Bertz CT molecular complexity index is 1180. The van der Waals surface area contributed by atoms with Gasteiger partial charge in [-0.05, 0) is 43.8 Å². The Hall–Kier alpha value is -3.08. The number of nitrogens with two attached hydrogens (primary N) is 1. The second-order valence-corrected chi connectivity index (χ2v) is 9.33. The van der Waals surface area contributed by atoms with E-state index in [1.165, 1.54) is 30.3 Å². The lowest BCUT2D eigenvalue weighted by molar-refractivity contribution is -0.129. The smallest absolute Gasteiger partial charge is 0.282 e. The lowest BCUT2D eigenvalue weighted by Crippen LogP contribution is -2.40. The molecular formula is C23H28N4O5S. The first-order chi connectivity index (χ1) is 15.7. The van der Waals surface area contributed by atoms with Gasteiger partial charge in [0.2, 0.25) is 10.0 Å². The second-order valence-electron chi connectivity index (χ2n) is 7.80. The first kappa shape index (κ1) is 24.6. The molecule has 1 aliphatic rings. The average Bonchev–Trinajstić information content (AvgIpc) is 3.11. The summed E-state index contributed by atoms with van der Waals surface area (Å²) >= 11 is 0. The first-order valence-corrected chi connectivity index (χ1v) is 12.3. The van der Waals surface area contributed by atoms with E-state index in [-0.39, 0.29) is 21.9 Å². The topological polar surface area (TPSA) is 133 Å². The van der Waals surface area contributed by atoms with Gasteiger partial charge < -0.3 is 10.0 Å². The summed E-state index contributed by atoms with van der Waals surface area (Å²) in [7, 11) is -4.20. The summed E-state index contributed by atoms with van der Waals surface area (Å²) in [5.74, 6) is -2.35. The molecule has 0 bridgehead atoms. The van der Waals surface area contributed by atoms with Gasteiger partial charge in [0.1, 0.15) is 5.75 Å². The van der Waals surface area contributed by atoms with E-state index in [1.54, 1.807) is 18.2 Å². The van der Waals surface area contributed by atoms with Gasteiger partial charge in [-0.1, -0.05) is 44.5 Å². The van der Waals surface area contributed by atoms with Gasteiger partial charge in [0.25, 0.3) is 11.8 Å². The van der Waals surface area contributed by atoms with Crippen LogP contribution in [0.2, 0.25) is 0 Å². The number of nitrogens with zero attached hydrogens (tertiary/aromatic N) is 3. The standard InChI is InChI=1S/C23H28N4O5S/c1-3-5-14-26(4-2)15-18-21(16-10-6-8-12-19(16)28)25-27(23(18)30)22(29)17-11-7-9-13-20(17)33(24,31)32/h6-13,18,28H,3-5,14-15H2,1-2H3,(H2,24,31,32)/t18-/m1/s1. The third-order valence-corrected chi connectivity index (χ3v) is 6.53. The number of hydrogen-bond acceptors (Lipinski definition) is 7. The number of para-hydroxylation sites is 1. The van der Waals surface area contributed by atoms with Crippen LogP contribution in [0.1, 0.15) is 42.6 Å². The van der Waals surface area contributed by atoms with E-state index in [0.29, 0.717) is 23.7 Å². The van der Waals surface area contributed by atoms with E-state index in [2.05, 4.69) is 16.9 Å². The molecule has 9 nitrogen and oxygen atoms in total. The zero-order valence-electron chi connectivity index (χ0n) is 18.6. The molecule has 1 heterocycles. The molecule has 0 unspecified atom stereocenters. The third kappa shape index (κ3) is 5.29. The molecule has 0 aromatic heterocycles. The Morgan fingerprint density at radius 1 is 1.15 bits per heavy atom. The van der Waals surface area contributed by atoms with Crippen LogP contribution in [0.25, 0.3) is 0 Å². The molecule has 0 aliphatic carbocycles. The predicted octanol–water partition coefficient (Wildman–Crippen LogP) is 2.16. The predicted molar refractivity (Wildman–Crippen MR) is 124 cm³/mol. The van der Waals surface area contributed by atoms with Crippen molar-refractivity contribution in [1.82, 2.24) is 9.91 Å². The van der Waals surface area contributed by atoms with Crippen LogP contribution in [0.4, 0.5) is 0 Å². The number of hydrazone groups is 1. The molecule has 10 heteroatoms. The first-order valence-electron chi connectivity index (χ1n) is 10.8. The Morgan fingerprint density at radius 2 is 1.82 bits per heavy atom. The summed E-state index contributed by atoms with van der Waals surface area (Å²) in [5.41, 5.74) is 0.361. The molecule has 1 atom stereocenters. The fraction of sp³-hybridized carbons (Fsp3) is 0.348. The molecule has 0 saturated carbocycles. The van der Waals surface area contributed by atoms with E-state index in [0.717, 1.165) is 19.4 Å². The van der Waals surface area contributed by atoms with Gasteiger partial charge >= 0.3 is 0 Å². The second kappa shape index (κ2) is 10.2. The van der Waals surface area contributed by atoms with E-state index < -0.39 is 27.8 Å². The average molecular weight is 473 g/mol. The van der Waals surface area contributed by atoms with Crippen molar-refractivity contribution in [2.75, 3.05) is 19.6 Å². The number of unbranched alkanes of at least 4 members (excludes halogenated alkanes) is 1. The van der Waals surface area contributed by atoms with Crippen molar-refractivity contribution in [3.63, 3.8) is 0 Å². The maximum absolute atomic E-state index is 13.4. The number of imide groups is 1. The fourth-order valence-electron chi connectivity index (χ4n) is 3.76. The van der Waals surface area contributed by atoms with Crippen LogP contribution in [0.5, 0.6) is 5.75 Å². The number of carbonyl (C=O) groups is 2. The molecule has 176 valence electrons. The summed E-state index contributed by atoms with van der Waals surface area (Å²) in [4.78, 5) is 28.4. The molecule has 0 fully saturated rings. The Kier molecular flexibility index (Phi) is 7.62. The Labute approximate surface area is 193 Å². The molecular weight excluding hydrogens is 444 g/mol. The highest BCUT2D eigenvalue weighted by Crippen LogP contribution is 2.29. The van der Waals surface area contributed by atoms with Crippen LogP contribution in [0, 0.1) is 5.92 Å². The summed E-state index contributed by atoms with van der Waals surface area (Å²) in [6.07, 6.45) is 1.94. The number of aromatic hydroxyl groups is 1. The number of phenols is 1. The normalized spacial score (nSPS) is 16.4. The molecule has 3 N–H and O–H groups in total. The summed E-state index contributed by atoms with van der Waals surface area (Å²) in [6, 6.07) is 11.9. The van der Waals surface area contributed by atoms with Crippen LogP contribution < -0.4 is 5.14 Å². The van der Waals surface area contributed by atoms with E-state index >= 15 is 0 Å². The molecule has 0 saturated heterocycles. The molecule has 0 spiro atoms. The highest BCUT2D eigenvalue weighted by atomic mass is 32.2. The van der Waals surface area contributed by atoms with Gasteiger partial charge in [-0.25, -0.2) is 13.6 Å². The van der Waals surface area contributed by atoms with Crippen LogP contribution in [-0.4, -0.2) is 60.6 Å². The van der Waals surface area contributed by atoms with Crippen LogP contribution in [0.15, 0.2) is 58.5 Å². The van der Waals surface area contributed by atoms with Gasteiger partial charge in [-0.3, -0.25) is 9.59 Å². The zero-order valence-corrected chi connectivity index (χ0v) is 19.5. The molecule has 0 radical (unpaired) electrons. The third-order valence-electron chi connectivity index (χ3n) is 5.56. The number of hydrogen-bond donors (Lipinski definition) is 2. The van der Waals surface area contributed by atoms with Gasteiger partial charge in [0.05, 0.1) is 22.1 Å². The summed E-state index contributed by atoms with van der Waals surface area (Å²) < 4.78 is 24.0. The van der Waals surface area contributed by atoms with Crippen molar-refractivity contribution in [2.45, 2.75) is 31.6 Å². The minimum absolute atomic E-state index is 0.0649. The van der Waals surface area contributed by atoms with Gasteiger partial charge in [-0.15, -0.1) is 0 Å². The number of carbonyl (C=O) groups excluding carboxylic acids is 2. The van der Waals surface area contributed by atoms with Crippen molar-refractivity contribution in [3.8, 4) is 5.75 Å². The summed E-state index contributed by atoms with van der Waals surface area (Å²) in [6.45, 7) is 5.83. The minimum Gasteiger partial charge on any atom is -0.507 e. The minimum atomic E-state index is -4.20. The quantitative estimate of drug-likeness (QED) is 0.537. The highest BCUT2D eigenvalue weighted by Gasteiger charge is 2.42. The van der Waals surface area contributed by atoms with Gasteiger partial charge in [0, 0.05) is 12.1 Å². The Balaban J connectivity index is 2.04. The maximum atomic E-state index is 13.4. The zero-order chi connectivity index (χ0) is 24.2. The van der Waals surface area contributed by atoms with Crippen molar-refractivity contribution in [1.29, 1.82) is 0 Å². The fourth-order valence-corrected chi connectivity index (χ4v) is 4.49. The maximum Gasteiger partial charge on any atom is 0.282 e. The SMILES string of the molecule is CCCCN(CC)C[C@H]1C(=O)N(C(=O)c2ccccc2S(N)(=O)=O)N=C1c1ccccc1O. The molecule has 2 aromatic rings. The highest BCUT2D eigenvalue weighted by molar-refractivity contribution is 7.89. The van der Waals surface area contributed by atoms with Gasteiger partial charge in [-0.2, -0.15) is 10.1 Å². The molecule has 1 aliphatic heterocycles.